The molecule has 1 aromatic rings. The van der Waals surface area contributed by atoms with Crippen LogP contribution >= 0.6 is 12.4 Å². The van der Waals surface area contributed by atoms with Crippen molar-refractivity contribution in [2.75, 3.05) is 32.8 Å². The Bertz CT molecular complexity index is 566. The van der Waals surface area contributed by atoms with Gasteiger partial charge in [0.2, 0.25) is 0 Å². The van der Waals surface area contributed by atoms with Crippen LogP contribution in [0.25, 0.3) is 0 Å². The van der Waals surface area contributed by atoms with E-state index >= 15 is 0 Å². The first-order chi connectivity index (χ1) is 10.3. The Morgan fingerprint density at radius 1 is 1.23 bits per heavy atom. The fourth-order valence-corrected chi connectivity index (χ4v) is 3.64. The van der Waals surface area contributed by atoms with Crippen LogP contribution in [0.5, 0.6) is 11.5 Å². The summed E-state index contributed by atoms with van der Waals surface area (Å²) < 4.78 is 11.2. The molecule has 6 heteroatoms. The quantitative estimate of drug-likeness (QED) is 0.854. The number of carbonyl (C=O) groups is 1. The number of hydrogen-bond donors (Lipinski definition) is 1. The van der Waals surface area contributed by atoms with Crippen molar-refractivity contribution in [3.8, 4) is 11.5 Å². The Hall–Kier alpha value is -1.46. The molecule has 3 aliphatic rings. The number of piperidine rings is 1. The zero-order chi connectivity index (χ0) is 14.2. The molecule has 3 aliphatic heterocycles. The first kappa shape index (κ1) is 15.4. The Labute approximate surface area is 136 Å². The predicted octanol–water partition coefficient (Wildman–Crippen LogP) is 1.70. The highest BCUT2D eigenvalue weighted by atomic mass is 35.5. The number of likely N-dealkylation sites (tertiary alicyclic amines) is 1. The lowest BCUT2D eigenvalue weighted by Gasteiger charge is -2.35. The summed E-state index contributed by atoms with van der Waals surface area (Å²) in [5, 5.41) is 3.53. The molecule has 0 bridgehead atoms. The lowest BCUT2D eigenvalue weighted by Crippen LogP contribution is -2.47. The molecular weight excluding hydrogens is 304 g/mol. The largest absolute Gasteiger partial charge is 0.486 e. The second kappa shape index (κ2) is 6.34. The zero-order valence-electron chi connectivity index (χ0n) is 12.4. The van der Waals surface area contributed by atoms with E-state index in [1.165, 1.54) is 6.42 Å². The summed E-state index contributed by atoms with van der Waals surface area (Å²) in [5.74, 6) is 1.96. The van der Waals surface area contributed by atoms with Crippen molar-refractivity contribution in [1.82, 2.24) is 10.2 Å². The van der Waals surface area contributed by atoms with E-state index in [1.807, 2.05) is 23.1 Å². The summed E-state index contributed by atoms with van der Waals surface area (Å²) in [6.07, 6.45) is 2.21. The topological polar surface area (TPSA) is 50.8 Å². The Kier molecular flexibility index (Phi) is 4.45. The second-order valence-electron chi connectivity index (χ2n) is 5.98. The van der Waals surface area contributed by atoms with Crippen LogP contribution in [0.2, 0.25) is 0 Å². The van der Waals surface area contributed by atoms with E-state index in [-0.39, 0.29) is 18.3 Å². The van der Waals surface area contributed by atoms with Crippen molar-refractivity contribution in [1.29, 1.82) is 0 Å². The van der Waals surface area contributed by atoms with Gasteiger partial charge in [0.25, 0.3) is 5.91 Å². The lowest BCUT2D eigenvalue weighted by atomic mass is 9.93. The lowest BCUT2D eigenvalue weighted by molar-refractivity contribution is 0.0652. The molecule has 0 aliphatic carbocycles. The number of carbonyl (C=O) groups excluding carboxylic acids is 1. The van der Waals surface area contributed by atoms with Crippen LogP contribution in [-0.2, 0) is 0 Å². The highest BCUT2D eigenvalue weighted by Crippen LogP contribution is 2.35. The molecule has 1 aromatic carbocycles. The number of nitrogens with one attached hydrogen (secondary N) is 1. The number of benzene rings is 1. The molecule has 1 N–H and O–H groups in total. The third-order valence-corrected chi connectivity index (χ3v) is 4.74. The van der Waals surface area contributed by atoms with E-state index in [0.29, 0.717) is 42.2 Å². The van der Waals surface area contributed by atoms with E-state index in [9.17, 15) is 4.79 Å². The van der Waals surface area contributed by atoms with Gasteiger partial charge in [0, 0.05) is 19.1 Å². The molecule has 0 aromatic heterocycles. The van der Waals surface area contributed by atoms with Gasteiger partial charge < -0.3 is 19.7 Å². The minimum absolute atomic E-state index is 0. The third-order valence-electron chi connectivity index (χ3n) is 4.74. The molecule has 4 rings (SSSR count). The van der Waals surface area contributed by atoms with Gasteiger partial charge in [0.1, 0.15) is 13.2 Å². The minimum atomic E-state index is 0. The zero-order valence-corrected chi connectivity index (χ0v) is 13.2. The number of amides is 1. The number of fused-ring (bicyclic) bond motifs is 2. The maximum absolute atomic E-state index is 12.8. The normalized spacial score (nSPS) is 26.1. The van der Waals surface area contributed by atoms with Gasteiger partial charge in [-0.25, -0.2) is 0 Å². The molecule has 2 unspecified atom stereocenters. The van der Waals surface area contributed by atoms with Crippen molar-refractivity contribution in [3.05, 3.63) is 23.8 Å². The smallest absolute Gasteiger partial charge is 0.257 e. The van der Waals surface area contributed by atoms with Crippen molar-refractivity contribution in [3.63, 3.8) is 0 Å². The number of rotatable bonds is 1. The van der Waals surface area contributed by atoms with Gasteiger partial charge in [0.15, 0.2) is 11.5 Å². The SMILES string of the molecule is Cl.O=C(c1cccc2c1OCCO2)N1CCC2NCCC2C1. The van der Waals surface area contributed by atoms with Crippen LogP contribution in [-0.4, -0.2) is 49.7 Å². The van der Waals surface area contributed by atoms with Crippen LogP contribution < -0.4 is 14.8 Å². The fourth-order valence-electron chi connectivity index (χ4n) is 3.64. The standard InChI is InChI=1S/C16H20N2O3.ClH/c19-16(18-7-5-13-11(10-18)4-6-17-13)12-2-1-3-14-15(12)21-9-8-20-14;/h1-3,11,13,17H,4-10H2;1H. The van der Waals surface area contributed by atoms with Crippen molar-refractivity contribution in [2.45, 2.75) is 18.9 Å². The molecule has 2 atom stereocenters. The monoisotopic (exact) mass is 324 g/mol. The van der Waals surface area contributed by atoms with E-state index in [4.69, 9.17) is 9.47 Å². The fraction of sp³-hybridized carbons (Fsp3) is 0.562. The maximum Gasteiger partial charge on any atom is 0.257 e. The van der Waals surface area contributed by atoms with E-state index < -0.39 is 0 Å². The van der Waals surface area contributed by atoms with Crippen LogP contribution in [0.3, 0.4) is 0 Å². The molecule has 1 amide bonds. The molecule has 5 nitrogen and oxygen atoms in total. The average Bonchev–Trinajstić information content (AvgIpc) is 3.01. The summed E-state index contributed by atoms with van der Waals surface area (Å²) in [6.45, 7) is 3.79. The van der Waals surface area contributed by atoms with Gasteiger partial charge in [-0.2, -0.15) is 0 Å². The number of hydrogen-bond acceptors (Lipinski definition) is 4. The van der Waals surface area contributed by atoms with Crippen molar-refractivity contribution in [2.24, 2.45) is 5.92 Å². The Morgan fingerprint density at radius 3 is 3.00 bits per heavy atom. The van der Waals surface area contributed by atoms with Crippen LogP contribution in [0.1, 0.15) is 23.2 Å². The highest BCUT2D eigenvalue weighted by molar-refractivity contribution is 5.98. The maximum atomic E-state index is 12.8. The summed E-state index contributed by atoms with van der Waals surface area (Å²) in [5.41, 5.74) is 0.636. The molecular formula is C16H21ClN2O3. The first-order valence-electron chi connectivity index (χ1n) is 7.74. The van der Waals surface area contributed by atoms with Gasteiger partial charge in [-0.05, 0) is 37.4 Å². The number of halogens is 1. The number of nitrogens with zero attached hydrogens (tertiary/aromatic N) is 1. The summed E-state index contributed by atoms with van der Waals surface area (Å²) in [4.78, 5) is 14.8. The molecule has 2 fully saturated rings. The Balaban J connectivity index is 0.00000144. The molecule has 0 spiro atoms. The first-order valence-corrected chi connectivity index (χ1v) is 7.74. The van der Waals surface area contributed by atoms with Crippen LogP contribution in [0.15, 0.2) is 18.2 Å². The number of ether oxygens (including phenoxy) is 2. The molecule has 22 heavy (non-hydrogen) atoms. The average molecular weight is 325 g/mol. The third kappa shape index (κ3) is 2.63. The minimum Gasteiger partial charge on any atom is -0.486 e. The van der Waals surface area contributed by atoms with Crippen molar-refractivity contribution >= 4 is 18.3 Å². The van der Waals surface area contributed by atoms with E-state index in [1.54, 1.807) is 0 Å². The summed E-state index contributed by atoms with van der Waals surface area (Å²) in [7, 11) is 0. The summed E-state index contributed by atoms with van der Waals surface area (Å²) >= 11 is 0. The second-order valence-corrected chi connectivity index (χ2v) is 5.98. The van der Waals surface area contributed by atoms with Gasteiger partial charge in [-0.15, -0.1) is 12.4 Å². The number of para-hydroxylation sites is 1. The molecule has 3 heterocycles. The van der Waals surface area contributed by atoms with Gasteiger partial charge in [0.05, 0.1) is 5.56 Å². The Morgan fingerprint density at radius 2 is 2.09 bits per heavy atom. The molecule has 0 saturated carbocycles. The predicted molar refractivity (Wildman–Crippen MR) is 85.1 cm³/mol. The molecule has 0 radical (unpaired) electrons. The van der Waals surface area contributed by atoms with Crippen LogP contribution in [0, 0.1) is 5.92 Å². The highest BCUT2D eigenvalue weighted by Gasteiger charge is 2.35. The van der Waals surface area contributed by atoms with E-state index in [2.05, 4.69) is 5.32 Å². The van der Waals surface area contributed by atoms with Gasteiger partial charge in [-0.1, -0.05) is 6.07 Å². The van der Waals surface area contributed by atoms with E-state index in [0.717, 1.165) is 26.1 Å². The van der Waals surface area contributed by atoms with Gasteiger partial charge in [-0.3, -0.25) is 4.79 Å². The van der Waals surface area contributed by atoms with Gasteiger partial charge >= 0.3 is 0 Å². The van der Waals surface area contributed by atoms with Crippen molar-refractivity contribution < 1.29 is 14.3 Å². The van der Waals surface area contributed by atoms with Crippen LogP contribution in [0.4, 0.5) is 0 Å². The molecule has 2 saturated heterocycles. The summed E-state index contributed by atoms with van der Waals surface area (Å²) in [6, 6.07) is 6.16. The molecule has 120 valence electrons.